The second-order valence-electron chi connectivity index (χ2n) is 6.55. The fourth-order valence-electron chi connectivity index (χ4n) is 3.31. The van der Waals surface area contributed by atoms with Crippen LogP contribution in [0, 0.1) is 6.92 Å². The van der Waals surface area contributed by atoms with E-state index in [2.05, 4.69) is 46.4 Å². The normalized spacial score (nSPS) is 15.3. The molecule has 1 aliphatic heterocycles. The van der Waals surface area contributed by atoms with Gasteiger partial charge in [0, 0.05) is 48.5 Å². The lowest BCUT2D eigenvalue weighted by Crippen LogP contribution is -2.49. The molecule has 0 saturated carbocycles. The molecule has 134 valence electrons. The quantitative estimate of drug-likeness (QED) is 0.763. The summed E-state index contributed by atoms with van der Waals surface area (Å²) >= 11 is 1.88. The number of rotatable bonds is 3. The number of fused-ring (bicyclic) bond motifs is 1. The molecule has 0 aliphatic carbocycles. The first-order valence-corrected chi connectivity index (χ1v) is 9.68. The van der Waals surface area contributed by atoms with Gasteiger partial charge in [-0.15, -0.1) is 11.3 Å². The first kappa shape index (κ1) is 17.0. The summed E-state index contributed by atoms with van der Waals surface area (Å²) in [5.41, 5.74) is 1.39. The third kappa shape index (κ3) is 3.57. The van der Waals surface area contributed by atoms with E-state index >= 15 is 0 Å². The van der Waals surface area contributed by atoms with Gasteiger partial charge in [-0.1, -0.05) is 24.3 Å². The highest BCUT2D eigenvalue weighted by Gasteiger charge is 2.22. The molecule has 3 heterocycles. The van der Waals surface area contributed by atoms with Crippen LogP contribution in [0.5, 0.6) is 0 Å². The van der Waals surface area contributed by atoms with E-state index in [9.17, 15) is 4.79 Å². The third-order valence-corrected chi connectivity index (χ3v) is 6.13. The molecule has 1 aromatic carbocycles. The number of urea groups is 1. The number of thiophene rings is 1. The fourth-order valence-corrected chi connectivity index (χ4v) is 4.57. The molecule has 1 fully saturated rings. The summed E-state index contributed by atoms with van der Waals surface area (Å²) in [5.74, 6) is 0.598. The van der Waals surface area contributed by atoms with Gasteiger partial charge < -0.3 is 4.90 Å². The van der Waals surface area contributed by atoms with Crippen molar-refractivity contribution in [3.63, 3.8) is 0 Å². The van der Waals surface area contributed by atoms with Crippen molar-refractivity contribution >= 4 is 33.3 Å². The minimum Gasteiger partial charge on any atom is -0.322 e. The topological polar surface area (TPSA) is 48.5 Å². The molecule has 3 aromatic rings. The molecule has 4 rings (SSSR count). The molecule has 5 nitrogen and oxygen atoms in total. The Balaban J connectivity index is 1.34. The summed E-state index contributed by atoms with van der Waals surface area (Å²) in [4.78, 5) is 22.2. The summed E-state index contributed by atoms with van der Waals surface area (Å²) in [6, 6.07) is 14.0. The Morgan fingerprint density at radius 3 is 2.62 bits per heavy atom. The van der Waals surface area contributed by atoms with Gasteiger partial charge in [-0.2, -0.15) is 0 Å². The van der Waals surface area contributed by atoms with Crippen LogP contribution >= 0.6 is 11.3 Å². The lowest BCUT2D eigenvalue weighted by Gasteiger charge is -2.34. The van der Waals surface area contributed by atoms with Crippen molar-refractivity contribution < 1.29 is 4.79 Å². The van der Waals surface area contributed by atoms with Crippen LogP contribution in [0.4, 0.5) is 10.6 Å². The highest BCUT2D eigenvalue weighted by molar-refractivity contribution is 7.19. The molecule has 26 heavy (non-hydrogen) atoms. The zero-order valence-corrected chi connectivity index (χ0v) is 15.6. The number of pyridine rings is 1. The lowest BCUT2D eigenvalue weighted by atomic mass is 10.1. The zero-order chi connectivity index (χ0) is 17.9. The van der Waals surface area contributed by atoms with E-state index in [-0.39, 0.29) is 6.03 Å². The smallest absolute Gasteiger partial charge is 0.322 e. The molecule has 2 aromatic heterocycles. The van der Waals surface area contributed by atoms with Gasteiger partial charge >= 0.3 is 6.03 Å². The number of carbonyl (C=O) groups excluding carboxylic acids is 1. The van der Waals surface area contributed by atoms with Crippen molar-refractivity contribution in [1.82, 2.24) is 14.8 Å². The molecule has 6 heteroatoms. The number of carbonyl (C=O) groups is 1. The molecule has 1 saturated heterocycles. The van der Waals surface area contributed by atoms with Crippen LogP contribution < -0.4 is 5.32 Å². The Kier molecular flexibility index (Phi) is 4.86. The molecule has 0 atom stereocenters. The summed E-state index contributed by atoms with van der Waals surface area (Å²) in [7, 11) is 0. The first-order valence-electron chi connectivity index (χ1n) is 8.87. The van der Waals surface area contributed by atoms with Gasteiger partial charge in [0.2, 0.25) is 0 Å². The molecular weight excluding hydrogens is 344 g/mol. The molecule has 0 spiro atoms. The number of amides is 2. The van der Waals surface area contributed by atoms with Gasteiger partial charge in [0.25, 0.3) is 0 Å². The third-order valence-electron chi connectivity index (χ3n) is 4.87. The average molecular weight is 366 g/mol. The van der Waals surface area contributed by atoms with Crippen LogP contribution in [0.2, 0.25) is 0 Å². The van der Waals surface area contributed by atoms with Crippen molar-refractivity contribution in [3.8, 4) is 0 Å². The van der Waals surface area contributed by atoms with Crippen LogP contribution in [0.25, 0.3) is 10.1 Å². The highest BCUT2D eigenvalue weighted by Crippen LogP contribution is 2.31. The van der Waals surface area contributed by atoms with Crippen LogP contribution in [0.3, 0.4) is 0 Å². The predicted molar refractivity (Wildman–Crippen MR) is 107 cm³/mol. The van der Waals surface area contributed by atoms with E-state index in [0.29, 0.717) is 5.82 Å². The van der Waals surface area contributed by atoms with Crippen molar-refractivity contribution in [1.29, 1.82) is 0 Å². The van der Waals surface area contributed by atoms with Crippen molar-refractivity contribution in [2.75, 3.05) is 31.5 Å². The summed E-state index contributed by atoms with van der Waals surface area (Å²) < 4.78 is 1.35. The monoisotopic (exact) mass is 366 g/mol. The Bertz CT molecular complexity index is 901. The summed E-state index contributed by atoms with van der Waals surface area (Å²) in [6.45, 7) is 6.43. The van der Waals surface area contributed by atoms with E-state index < -0.39 is 0 Å². The van der Waals surface area contributed by atoms with Gasteiger partial charge in [-0.25, -0.2) is 9.78 Å². The molecule has 0 unspecified atom stereocenters. The minimum absolute atomic E-state index is 0.0682. The number of benzene rings is 1. The number of aromatic nitrogens is 1. The van der Waals surface area contributed by atoms with Gasteiger partial charge in [0.05, 0.1) is 0 Å². The number of anilines is 1. The second kappa shape index (κ2) is 7.43. The molecule has 2 amide bonds. The Morgan fingerprint density at radius 2 is 1.88 bits per heavy atom. The van der Waals surface area contributed by atoms with Gasteiger partial charge in [0.15, 0.2) is 0 Å². The minimum atomic E-state index is -0.0682. The van der Waals surface area contributed by atoms with Crippen LogP contribution in [0.15, 0.2) is 48.7 Å². The van der Waals surface area contributed by atoms with E-state index in [1.807, 2.05) is 28.4 Å². The zero-order valence-electron chi connectivity index (χ0n) is 14.8. The van der Waals surface area contributed by atoms with Crippen LogP contribution in [-0.2, 0) is 6.54 Å². The molecule has 1 N–H and O–H groups in total. The summed E-state index contributed by atoms with van der Waals surface area (Å²) in [6.07, 6.45) is 1.68. The predicted octanol–water partition coefficient (Wildman–Crippen LogP) is 3.95. The lowest BCUT2D eigenvalue weighted by molar-refractivity contribution is 0.143. The maximum atomic E-state index is 12.4. The van der Waals surface area contributed by atoms with E-state index in [1.165, 1.54) is 20.5 Å². The van der Waals surface area contributed by atoms with Crippen LogP contribution in [0.1, 0.15) is 10.4 Å². The van der Waals surface area contributed by atoms with Gasteiger partial charge in [0.1, 0.15) is 5.82 Å². The second-order valence-corrected chi connectivity index (χ2v) is 7.69. The van der Waals surface area contributed by atoms with E-state index in [1.54, 1.807) is 12.3 Å². The molecule has 1 aliphatic rings. The Hall–Kier alpha value is -2.44. The molecule has 0 bridgehead atoms. The van der Waals surface area contributed by atoms with Crippen molar-refractivity contribution in [3.05, 3.63) is 59.1 Å². The summed E-state index contributed by atoms with van der Waals surface area (Å²) in [5, 5.41) is 4.22. The average Bonchev–Trinajstić information content (AvgIpc) is 2.99. The fraction of sp³-hybridized carbons (Fsp3) is 0.300. The standard InChI is InChI=1S/C20H22N4OS/c1-15-16-6-2-3-7-17(16)26-18(15)14-23-10-12-24(13-11-23)20(25)22-19-8-4-5-9-21-19/h2-9H,10-14H2,1H3,(H,21,22,25). The van der Waals surface area contributed by atoms with Gasteiger partial charge in [-0.05, 0) is 36.1 Å². The van der Waals surface area contributed by atoms with Crippen molar-refractivity contribution in [2.45, 2.75) is 13.5 Å². The van der Waals surface area contributed by atoms with Gasteiger partial charge in [-0.3, -0.25) is 10.2 Å². The van der Waals surface area contributed by atoms with Crippen molar-refractivity contribution in [2.24, 2.45) is 0 Å². The Morgan fingerprint density at radius 1 is 1.12 bits per heavy atom. The first-order chi connectivity index (χ1) is 12.7. The van der Waals surface area contributed by atoms with E-state index in [0.717, 1.165) is 32.7 Å². The SMILES string of the molecule is Cc1c(CN2CCN(C(=O)Nc3ccccn3)CC2)sc2ccccc12. The number of piperazine rings is 1. The number of hydrogen-bond donors (Lipinski definition) is 1. The number of aryl methyl sites for hydroxylation is 1. The molecule has 0 radical (unpaired) electrons. The largest absolute Gasteiger partial charge is 0.323 e. The number of nitrogens with one attached hydrogen (secondary N) is 1. The maximum absolute atomic E-state index is 12.4. The Labute approximate surface area is 157 Å². The molecular formula is C20H22N4OS. The highest BCUT2D eigenvalue weighted by atomic mass is 32.1. The number of hydrogen-bond acceptors (Lipinski definition) is 4. The number of nitrogens with zero attached hydrogens (tertiary/aromatic N) is 3. The van der Waals surface area contributed by atoms with Crippen LogP contribution in [-0.4, -0.2) is 47.0 Å². The maximum Gasteiger partial charge on any atom is 0.323 e. The van der Waals surface area contributed by atoms with E-state index in [4.69, 9.17) is 0 Å².